The molecule has 0 spiro atoms. The number of hydrogen-bond donors (Lipinski definition) is 1. The quantitative estimate of drug-likeness (QED) is 0.261. The van der Waals surface area contributed by atoms with Gasteiger partial charge in [-0.3, -0.25) is 14.5 Å². The van der Waals surface area contributed by atoms with E-state index in [0.717, 1.165) is 27.6 Å². The van der Waals surface area contributed by atoms with Crippen LogP contribution < -0.4 is 9.64 Å². The van der Waals surface area contributed by atoms with Gasteiger partial charge in [-0.1, -0.05) is 34.1 Å². The molecular weight excluding hydrogens is 555 g/mol. The van der Waals surface area contributed by atoms with Gasteiger partial charge in [-0.25, -0.2) is 0 Å². The summed E-state index contributed by atoms with van der Waals surface area (Å²) in [5.74, 6) is -2.42. The van der Waals surface area contributed by atoms with Crippen molar-refractivity contribution in [3.8, 4) is 5.75 Å². The smallest absolute Gasteiger partial charge is 0.416 e. The Labute approximate surface area is 216 Å². The van der Waals surface area contributed by atoms with Gasteiger partial charge in [0, 0.05) is 15.5 Å². The molecule has 1 amide bonds. The van der Waals surface area contributed by atoms with Crippen molar-refractivity contribution in [2.45, 2.75) is 12.2 Å². The Balaban J connectivity index is 1.67. The Morgan fingerprint density at radius 1 is 1.05 bits per heavy atom. The number of furan rings is 1. The summed E-state index contributed by atoms with van der Waals surface area (Å²) in [7, 11) is 1.43. The highest BCUT2D eigenvalue weighted by Gasteiger charge is 2.46. The average molecular weight is 572 g/mol. The van der Waals surface area contributed by atoms with Gasteiger partial charge in [0.2, 0.25) is 5.78 Å². The number of hydrogen-bond acceptors (Lipinski definition) is 5. The van der Waals surface area contributed by atoms with E-state index in [-0.39, 0.29) is 17.0 Å². The molecule has 1 aliphatic heterocycles. The van der Waals surface area contributed by atoms with Crippen LogP contribution in [-0.4, -0.2) is 23.9 Å². The molecule has 4 aromatic rings. The fourth-order valence-corrected chi connectivity index (χ4v) is 4.70. The second-order valence-corrected chi connectivity index (χ2v) is 9.20. The zero-order chi connectivity index (χ0) is 26.5. The number of alkyl halides is 3. The van der Waals surface area contributed by atoms with Crippen molar-refractivity contribution in [2.24, 2.45) is 0 Å². The van der Waals surface area contributed by atoms with E-state index in [2.05, 4.69) is 15.9 Å². The van der Waals surface area contributed by atoms with E-state index in [1.807, 2.05) is 0 Å². The number of aliphatic hydroxyl groups is 1. The summed E-state index contributed by atoms with van der Waals surface area (Å²) in [6, 6.07) is 15.8. The van der Waals surface area contributed by atoms with Crippen LogP contribution in [0, 0.1) is 0 Å². The van der Waals surface area contributed by atoms with Crippen LogP contribution >= 0.6 is 15.9 Å². The number of anilines is 1. The molecule has 188 valence electrons. The zero-order valence-electron chi connectivity index (χ0n) is 19.0. The Morgan fingerprint density at radius 2 is 1.81 bits per heavy atom. The number of rotatable bonds is 5. The molecule has 3 aromatic carbocycles. The van der Waals surface area contributed by atoms with Gasteiger partial charge in [0.05, 0.1) is 24.3 Å². The topological polar surface area (TPSA) is 80.0 Å². The third-order valence-electron chi connectivity index (χ3n) is 6.02. The predicted molar refractivity (Wildman–Crippen MR) is 133 cm³/mol. The fourth-order valence-electron chi connectivity index (χ4n) is 4.32. The van der Waals surface area contributed by atoms with Gasteiger partial charge in [0.15, 0.2) is 11.5 Å². The number of methoxy groups -OCH3 is 1. The minimum atomic E-state index is -4.67. The zero-order valence-corrected chi connectivity index (χ0v) is 20.6. The number of ether oxygens (including phenoxy) is 1. The molecule has 1 atom stereocenters. The van der Waals surface area contributed by atoms with Crippen molar-refractivity contribution in [1.82, 2.24) is 0 Å². The van der Waals surface area contributed by atoms with E-state index in [4.69, 9.17) is 9.15 Å². The van der Waals surface area contributed by atoms with Crippen LogP contribution in [0.5, 0.6) is 5.75 Å². The van der Waals surface area contributed by atoms with Gasteiger partial charge >= 0.3 is 6.18 Å². The molecule has 1 unspecified atom stereocenters. The normalized spacial score (nSPS) is 16.1. The van der Waals surface area contributed by atoms with Crippen molar-refractivity contribution < 1.29 is 37.0 Å². The Bertz CT molecular complexity index is 1590. The van der Waals surface area contributed by atoms with E-state index < -0.39 is 35.2 Å². The predicted octanol–water partition coefficient (Wildman–Crippen LogP) is 7.01. The van der Waals surface area contributed by atoms with Crippen LogP contribution in [0.25, 0.3) is 11.0 Å². The number of carbonyl (C=O) groups is 2. The summed E-state index contributed by atoms with van der Waals surface area (Å²) in [4.78, 5) is 27.9. The number of amides is 1. The molecule has 5 rings (SSSR count). The van der Waals surface area contributed by atoms with Crippen molar-refractivity contribution in [3.05, 3.63) is 105 Å². The highest BCUT2D eigenvalue weighted by Crippen LogP contribution is 2.44. The Hall–Kier alpha value is -4.05. The minimum Gasteiger partial charge on any atom is -0.503 e. The van der Waals surface area contributed by atoms with Crippen LogP contribution in [0.1, 0.15) is 27.7 Å². The second kappa shape index (κ2) is 9.11. The molecule has 0 bridgehead atoms. The number of Topliss-reactive ketones (excluding diaryl/α,β-unsaturated/α-hetero) is 1. The fraction of sp³-hybridized carbons (Fsp3) is 0.111. The molecule has 10 heteroatoms. The summed E-state index contributed by atoms with van der Waals surface area (Å²) in [5.41, 5.74) is -0.700. The van der Waals surface area contributed by atoms with E-state index in [1.165, 1.54) is 19.2 Å². The monoisotopic (exact) mass is 571 g/mol. The van der Waals surface area contributed by atoms with Crippen molar-refractivity contribution in [3.63, 3.8) is 0 Å². The first-order chi connectivity index (χ1) is 17.6. The average Bonchev–Trinajstić information content (AvgIpc) is 3.41. The van der Waals surface area contributed by atoms with Crippen LogP contribution in [0.4, 0.5) is 18.9 Å². The number of fused-ring (bicyclic) bond motifs is 1. The molecule has 0 saturated heterocycles. The third-order valence-corrected chi connectivity index (χ3v) is 6.51. The SMILES string of the molecule is COc1cccc(C2C(C(=O)c3cc4cc(Br)ccc4o3)=C(O)C(=O)N2c2cccc(C(F)(F)F)c2)c1. The van der Waals surface area contributed by atoms with Gasteiger partial charge < -0.3 is 14.3 Å². The molecule has 1 N–H and O–H groups in total. The van der Waals surface area contributed by atoms with E-state index >= 15 is 0 Å². The van der Waals surface area contributed by atoms with Crippen LogP contribution in [0.3, 0.4) is 0 Å². The van der Waals surface area contributed by atoms with Gasteiger partial charge in [0.1, 0.15) is 11.3 Å². The van der Waals surface area contributed by atoms with Crippen LogP contribution in [-0.2, 0) is 11.0 Å². The lowest BCUT2D eigenvalue weighted by atomic mass is 9.94. The van der Waals surface area contributed by atoms with Gasteiger partial charge in [-0.15, -0.1) is 0 Å². The number of carbonyl (C=O) groups excluding carboxylic acids is 2. The molecule has 2 heterocycles. The molecule has 1 aliphatic rings. The molecule has 37 heavy (non-hydrogen) atoms. The molecular formula is C27H17BrF3NO5. The van der Waals surface area contributed by atoms with Crippen LogP contribution in [0.2, 0.25) is 0 Å². The number of benzene rings is 3. The van der Waals surface area contributed by atoms with Gasteiger partial charge in [0.25, 0.3) is 5.91 Å². The lowest BCUT2D eigenvalue weighted by molar-refractivity contribution is -0.137. The highest BCUT2D eigenvalue weighted by molar-refractivity contribution is 9.10. The number of aliphatic hydroxyl groups excluding tert-OH is 1. The molecule has 0 radical (unpaired) electrons. The first-order valence-corrected chi connectivity index (χ1v) is 11.7. The van der Waals surface area contributed by atoms with Crippen LogP contribution in [0.15, 0.2) is 93.0 Å². The van der Waals surface area contributed by atoms with E-state index in [0.29, 0.717) is 22.3 Å². The number of halogens is 4. The first kappa shape index (κ1) is 24.6. The maximum atomic E-state index is 13.7. The molecule has 1 aromatic heterocycles. The van der Waals surface area contributed by atoms with Gasteiger partial charge in [-0.2, -0.15) is 13.2 Å². The summed E-state index contributed by atoms with van der Waals surface area (Å²) in [6.07, 6.45) is -4.67. The summed E-state index contributed by atoms with van der Waals surface area (Å²) in [6.45, 7) is 0. The molecule has 0 fully saturated rings. The third kappa shape index (κ3) is 4.37. The van der Waals surface area contributed by atoms with E-state index in [1.54, 1.807) is 42.5 Å². The number of nitrogens with zero attached hydrogens (tertiary/aromatic N) is 1. The van der Waals surface area contributed by atoms with Crippen molar-refractivity contribution >= 4 is 44.3 Å². The minimum absolute atomic E-state index is 0.138. The number of ketones is 1. The summed E-state index contributed by atoms with van der Waals surface area (Å²) < 4.78 is 52.1. The largest absolute Gasteiger partial charge is 0.503 e. The highest BCUT2D eigenvalue weighted by atomic mass is 79.9. The van der Waals surface area contributed by atoms with E-state index in [9.17, 15) is 27.9 Å². The lowest BCUT2D eigenvalue weighted by Gasteiger charge is -2.27. The lowest BCUT2D eigenvalue weighted by Crippen LogP contribution is -2.31. The standard InChI is InChI=1S/C27H17BrF3NO5/c1-36-19-7-2-4-14(11-19)23-22(24(33)21-12-15-10-17(28)8-9-20(15)37-21)25(34)26(35)32(23)18-6-3-5-16(13-18)27(29,30)31/h2-13,23,34H,1H3. The molecule has 0 aliphatic carbocycles. The second-order valence-electron chi connectivity index (χ2n) is 8.29. The van der Waals surface area contributed by atoms with Crippen molar-refractivity contribution in [1.29, 1.82) is 0 Å². The maximum absolute atomic E-state index is 13.7. The van der Waals surface area contributed by atoms with Gasteiger partial charge in [-0.05, 0) is 60.2 Å². The molecule has 6 nitrogen and oxygen atoms in total. The van der Waals surface area contributed by atoms with Crippen molar-refractivity contribution in [2.75, 3.05) is 12.0 Å². The maximum Gasteiger partial charge on any atom is 0.416 e. The Morgan fingerprint density at radius 3 is 2.54 bits per heavy atom. The summed E-state index contributed by atoms with van der Waals surface area (Å²) >= 11 is 3.35. The molecule has 0 saturated carbocycles. The Kier molecular flexibility index (Phi) is 6.07. The summed E-state index contributed by atoms with van der Waals surface area (Å²) in [5, 5.41) is 11.5. The first-order valence-electron chi connectivity index (χ1n) is 10.9.